The van der Waals surface area contributed by atoms with Crippen LogP contribution < -0.4 is 5.73 Å². The second kappa shape index (κ2) is 3.41. The van der Waals surface area contributed by atoms with Crippen molar-refractivity contribution in [2.75, 3.05) is 5.73 Å². The summed E-state index contributed by atoms with van der Waals surface area (Å²) in [5.74, 6) is 0.497. The summed E-state index contributed by atoms with van der Waals surface area (Å²) in [4.78, 5) is 7.98. The Bertz CT molecular complexity index is 413. The summed E-state index contributed by atoms with van der Waals surface area (Å²) in [6.07, 6.45) is 1.54. The normalized spacial score (nSPS) is 10.1. The molecule has 2 aromatic rings. The van der Waals surface area contributed by atoms with Crippen LogP contribution >= 0.6 is 0 Å². The maximum atomic E-state index is 12.9. The van der Waals surface area contributed by atoms with Crippen molar-refractivity contribution in [3.05, 3.63) is 42.3 Å². The Morgan fingerprint density at radius 2 is 2.07 bits per heavy atom. The fourth-order valence-electron chi connectivity index (χ4n) is 1.14. The van der Waals surface area contributed by atoms with Crippen LogP contribution in [0.2, 0.25) is 0 Å². The molecule has 0 spiro atoms. The van der Waals surface area contributed by atoms with E-state index in [1.807, 2.05) is 0 Å². The topological polar surface area (TPSA) is 51.8 Å². The zero-order valence-corrected chi connectivity index (χ0v) is 7.31. The molecule has 1 aromatic heterocycles. The summed E-state index contributed by atoms with van der Waals surface area (Å²) in [5, 5.41) is 0. The molecule has 0 saturated carbocycles. The highest BCUT2D eigenvalue weighted by atomic mass is 19.1. The van der Waals surface area contributed by atoms with E-state index in [1.165, 1.54) is 12.1 Å². The van der Waals surface area contributed by atoms with Crippen molar-refractivity contribution in [1.82, 2.24) is 9.97 Å². The molecule has 1 heterocycles. The molecule has 0 aliphatic carbocycles. The van der Waals surface area contributed by atoms with E-state index in [1.54, 1.807) is 24.4 Å². The smallest absolute Gasteiger partial charge is 0.161 e. The molecule has 0 amide bonds. The average Bonchev–Trinajstić information content (AvgIpc) is 2.18. The highest BCUT2D eigenvalue weighted by Crippen LogP contribution is 2.15. The summed E-state index contributed by atoms with van der Waals surface area (Å²) < 4.78 is 12.9. The van der Waals surface area contributed by atoms with E-state index in [0.29, 0.717) is 17.2 Å². The molecule has 3 nitrogen and oxygen atoms in total. The number of nitrogens with zero attached hydrogens (tertiary/aromatic N) is 2. The van der Waals surface area contributed by atoms with Crippen molar-refractivity contribution in [3.63, 3.8) is 0 Å². The van der Waals surface area contributed by atoms with Crippen molar-refractivity contribution < 1.29 is 4.39 Å². The fraction of sp³-hybridized carbons (Fsp3) is 0. The van der Waals surface area contributed by atoms with Crippen LogP contribution in [0.3, 0.4) is 0 Å². The van der Waals surface area contributed by atoms with Crippen molar-refractivity contribution >= 4 is 5.82 Å². The molecule has 0 bridgehead atoms. The van der Waals surface area contributed by atoms with Gasteiger partial charge in [-0.3, -0.25) is 0 Å². The van der Waals surface area contributed by atoms with Gasteiger partial charge in [-0.05, 0) is 18.2 Å². The molecule has 2 rings (SSSR count). The van der Waals surface area contributed by atoms with E-state index in [2.05, 4.69) is 9.97 Å². The number of aromatic nitrogens is 2. The van der Waals surface area contributed by atoms with Gasteiger partial charge in [0.15, 0.2) is 5.82 Å². The van der Waals surface area contributed by atoms with E-state index in [4.69, 9.17) is 5.73 Å². The first-order chi connectivity index (χ1) is 6.75. The second-order valence-corrected chi connectivity index (χ2v) is 2.82. The van der Waals surface area contributed by atoms with Crippen LogP contribution in [-0.2, 0) is 0 Å². The maximum Gasteiger partial charge on any atom is 0.161 e. The number of nitrogen functional groups attached to an aromatic ring is 1. The minimum Gasteiger partial charge on any atom is -0.384 e. The molecule has 4 heteroatoms. The molecular weight excluding hydrogens is 181 g/mol. The van der Waals surface area contributed by atoms with Crippen LogP contribution in [0.15, 0.2) is 36.5 Å². The fourth-order valence-corrected chi connectivity index (χ4v) is 1.14. The summed E-state index contributed by atoms with van der Waals surface area (Å²) in [6, 6.07) is 7.67. The lowest BCUT2D eigenvalue weighted by molar-refractivity contribution is 0.628. The maximum absolute atomic E-state index is 12.9. The minimum absolute atomic E-state index is 0.312. The molecule has 2 N–H and O–H groups in total. The van der Waals surface area contributed by atoms with E-state index in [0.717, 1.165) is 0 Å². The van der Waals surface area contributed by atoms with Gasteiger partial charge >= 0.3 is 0 Å². The largest absolute Gasteiger partial charge is 0.384 e. The summed E-state index contributed by atoms with van der Waals surface area (Å²) in [5.41, 5.74) is 6.11. The van der Waals surface area contributed by atoms with Gasteiger partial charge in [-0.1, -0.05) is 12.1 Å². The van der Waals surface area contributed by atoms with Gasteiger partial charge in [0.05, 0.1) is 0 Å². The van der Waals surface area contributed by atoms with Crippen molar-refractivity contribution in [2.45, 2.75) is 0 Å². The van der Waals surface area contributed by atoms with Gasteiger partial charge < -0.3 is 5.73 Å². The quantitative estimate of drug-likeness (QED) is 0.744. The summed E-state index contributed by atoms with van der Waals surface area (Å²) in [7, 11) is 0. The van der Waals surface area contributed by atoms with Gasteiger partial charge in [0.25, 0.3) is 0 Å². The number of hydrogen-bond acceptors (Lipinski definition) is 3. The Labute approximate surface area is 80.4 Å². The molecule has 0 unspecified atom stereocenters. The molecule has 70 valence electrons. The van der Waals surface area contributed by atoms with E-state index >= 15 is 0 Å². The van der Waals surface area contributed by atoms with E-state index in [9.17, 15) is 4.39 Å². The number of hydrogen-bond donors (Lipinski definition) is 1. The predicted molar refractivity (Wildman–Crippen MR) is 51.8 cm³/mol. The summed E-state index contributed by atoms with van der Waals surface area (Å²) >= 11 is 0. The molecule has 0 fully saturated rings. The molecule has 0 atom stereocenters. The first kappa shape index (κ1) is 8.62. The van der Waals surface area contributed by atoms with Crippen molar-refractivity contribution in [2.24, 2.45) is 0 Å². The van der Waals surface area contributed by atoms with Crippen LogP contribution in [0.5, 0.6) is 0 Å². The van der Waals surface area contributed by atoms with E-state index in [-0.39, 0.29) is 5.82 Å². The predicted octanol–water partition coefficient (Wildman–Crippen LogP) is 1.86. The Kier molecular flexibility index (Phi) is 2.10. The van der Waals surface area contributed by atoms with Gasteiger partial charge in [-0.2, -0.15) is 0 Å². The van der Waals surface area contributed by atoms with Gasteiger partial charge in [-0.15, -0.1) is 0 Å². The lowest BCUT2D eigenvalue weighted by Crippen LogP contribution is -1.94. The standard InChI is InChI=1S/C10H8FN3/c11-8-3-1-2-7(6-8)10-13-5-4-9(12)14-10/h1-6H,(H2,12,13,14). The first-order valence-electron chi connectivity index (χ1n) is 4.10. The first-order valence-corrected chi connectivity index (χ1v) is 4.10. The number of halogens is 1. The molecule has 1 aromatic carbocycles. The van der Waals surface area contributed by atoms with Crippen LogP contribution in [0.4, 0.5) is 10.2 Å². The van der Waals surface area contributed by atoms with Gasteiger partial charge in [0, 0.05) is 11.8 Å². The Morgan fingerprint density at radius 1 is 1.21 bits per heavy atom. The van der Waals surface area contributed by atoms with Gasteiger partial charge in [0.1, 0.15) is 11.6 Å². The third-order valence-corrected chi connectivity index (χ3v) is 1.76. The van der Waals surface area contributed by atoms with E-state index < -0.39 is 0 Å². The van der Waals surface area contributed by atoms with Gasteiger partial charge in [0.2, 0.25) is 0 Å². The molecule has 0 aliphatic heterocycles. The Hall–Kier alpha value is -1.97. The lowest BCUT2D eigenvalue weighted by atomic mass is 10.2. The third kappa shape index (κ3) is 1.69. The molecular formula is C10H8FN3. The van der Waals surface area contributed by atoms with Crippen molar-refractivity contribution in [3.8, 4) is 11.4 Å². The Balaban J connectivity index is 2.49. The number of rotatable bonds is 1. The third-order valence-electron chi connectivity index (χ3n) is 1.76. The van der Waals surface area contributed by atoms with Crippen LogP contribution in [0.1, 0.15) is 0 Å². The van der Waals surface area contributed by atoms with Crippen molar-refractivity contribution in [1.29, 1.82) is 0 Å². The van der Waals surface area contributed by atoms with Crippen LogP contribution in [0.25, 0.3) is 11.4 Å². The number of anilines is 1. The zero-order chi connectivity index (χ0) is 9.97. The Morgan fingerprint density at radius 3 is 2.79 bits per heavy atom. The molecule has 0 radical (unpaired) electrons. The SMILES string of the molecule is Nc1ccnc(-c2cccc(F)c2)n1. The number of nitrogens with two attached hydrogens (primary N) is 1. The van der Waals surface area contributed by atoms with Crippen LogP contribution in [0, 0.1) is 5.82 Å². The molecule has 0 aliphatic rings. The summed E-state index contributed by atoms with van der Waals surface area (Å²) in [6.45, 7) is 0. The lowest BCUT2D eigenvalue weighted by Gasteiger charge is -2.00. The monoisotopic (exact) mass is 189 g/mol. The highest BCUT2D eigenvalue weighted by Gasteiger charge is 2.01. The zero-order valence-electron chi connectivity index (χ0n) is 7.31. The molecule has 0 saturated heterocycles. The average molecular weight is 189 g/mol. The molecule has 14 heavy (non-hydrogen) atoms. The van der Waals surface area contributed by atoms with Gasteiger partial charge in [-0.25, -0.2) is 14.4 Å². The van der Waals surface area contributed by atoms with Crippen LogP contribution in [-0.4, -0.2) is 9.97 Å². The highest BCUT2D eigenvalue weighted by molar-refractivity contribution is 5.56. The minimum atomic E-state index is -0.312. The second-order valence-electron chi connectivity index (χ2n) is 2.82. The number of benzene rings is 1.